The first-order valence-corrected chi connectivity index (χ1v) is 15.6. The van der Waals surface area contributed by atoms with Crippen LogP contribution in [-0.2, 0) is 16.0 Å². The minimum absolute atomic E-state index is 0.0448. The third kappa shape index (κ3) is 7.51. The summed E-state index contributed by atoms with van der Waals surface area (Å²) in [7, 11) is 1.76. The van der Waals surface area contributed by atoms with Crippen molar-refractivity contribution in [1.82, 2.24) is 20.4 Å². The van der Waals surface area contributed by atoms with Crippen LogP contribution in [0.4, 0.5) is 0 Å². The molecule has 0 aliphatic carbocycles. The van der Waals surface area contributed by atoms with Crippen molar-refractivity contribution < 1.29 is 9.59 Å². The van der Waals surface area contributed by atoms with Crippen LogP contribution in [0.1, 0.15) is 60.3 Å². The number of carbonyl (C=O) groups is 2. The molecule has 0 radical (unpaired) electrons. The third-order valence-electron chi connectivity index (χ3n) is 9.16. The molecule has 2 N–H and O–H groups in total. The van der Waals surface area contributed by atoms with E-state index in [0.29, 0.717) is 30.9 Å². The van der Waals surface area contributed by atoms with Crippen LogP contribution in [0.2, 0.25) is 0 Å². The Bertz CT molecular complexity index is 1400. The van der Waals surface area contributed by atoms with Crippen molar-refractivity contribution in [3.8, 4) is 6.07 Å². The van der Waals surface area contributed by atoms with E-state index in [1.165, 1.54) is 11.1 Å². The quantitative estimate of drug-likeness (QED) is 0.352. The van der Waals surface area contributed by atoms with Crippen LogP contribution in [-0.4, -0.2) is 73.0 Å². The van der Waals surface area contributed by atoms with Gasteiger partial charge in [0, 0.05) is 38.0 Å². The summed E-state index contributed by atoms with van der Waals surface area (Å²) >= 11 is 0. The first-order valence-electron chi connectivity index (χ1n) is 15.6. The van der Waals surface area contributed by atoms with Crippen molar-refractivity contribution in [2.75, 3.05) is 33.2 Å². The van der Waals surface area contributed by atoms with Crippen molar-refractivity contribution in [3.63, 3.8) is 0 Å². The summed E-state index contributed by atoms with van der Waals surface area (Å²) in [4.78, 5) is 32.3. The Morgan fingerprint density at radius 2 is 1.63 bits per heavy atom. The van der Waals surface area contributed by atoms with Gasteiger partial charge in [0.15, 0.2) is 0 Å². The van der Waals surface area contributed by atoms with Gasteiger partial charge in [-0.05, 0) is 67.6 Å². The number of benzene rings is 3. The van der Waals surface area contributed by atoms with E-state index in [0.717, 1.165) is 38.0 Å². The first-order chi connectivity index (χ1) is 21.0. The Morgan fingerprint density at radius 1 is 0.930 bits per heavy atom. The smallest absolute Gasteiger partial charge is 0.245 e. The van der Waals surface area contributed by atoms with Crippen LogP contribution >= 0.6 is 0 Å². The van der Waals surface area contributed by atoms with E-state index in [1.54, 1.807) is 13.1 Å². The van der Waals surface area contributed by atoms with Crippen LogP contribution in [0.3, 0.4) is 0 Å². The highest BCUT2D eigenvalue weighted by Gasteiger charge is 2.41. The maximum Gasteiger partial charge on any atom is 0.245 e. The SMILES string of the molecule is CC[C@H](NC)C(=O)N[C@@H](Cc1cccc(C#N)c1)C(=O)N1C[C@@H](c2ccccc2)C[C@H]1CN1CC[C@H](c2ccccc2)C1. The van der Waals surface area contributed by atoms with Gasteiger partial charge in [-0.25, -0.2) is 0 Å². The van der Waals surface area contributed by atoms with Crippen molar-refractivity contribution in [2.24, 2.45) is 0 Å². The topological polar surface area (TPSA) is 88.5 Å². The first kappa shape index (κ1) is 30.5. The number of likely N-dealkylation sites (tertiary alicyclic amines) is 2. The predicted molar refractivity (Wildman–Crippen MR) is 169 cm³/mol. The van der Waals surface area contributed by atoms with Crippen molar-refractivity contribution in [1.29, 1.82) is 5.26 Å². The van der Waals surface area contributed by atoms with Gasteiger partial charge in [-0.1, -0.05) is 79.7 Å². The average molecular weight is 578 g/mol. The standard InChI is InChI=1S/C36H43N5O2/c1-3-33(38-2)35(42)39-34(20-26-11-10-12-27(19-26)22-37)36(43)41-24-31(29-15-8-5-9-16-29)21-32(41)25-40-18-17-30(23-40)28-13-6-4-7-14-28/h4-16,19,30-34,38H,3,17-18,20-21,23-25H2,1-2H3,(H,39,42)/t30-,31-,32-,33-,34-/m0/s1. The Balaban J connectivity index is 1.39. The highest BCUT2D eigenvalue weighted by atomic mass is 16.2. The molecule has 2 aliphatic rings. The predicted octanol–water partition coefficient (Wildman–Crippen LogP) is 4.46. The molecule has 5 atom stereocenters. The normalized spacial score (nSPS) is 21.7. The number of amides is 2. The molecule has 3 aromatic carbocycles. The number of likely N-dealkylation sites (N-methyl/N-ethyl adjacent to an activating group) is 1. The Labute approximate surface area is 255 Å². The maximum absolute atomic E-state index is 14.5. The highest BCUT2D eigenvalue weighted by Crippen LogP contribution is 2.35. The minimum Gasteiger partial charge on any atom is -0.343 e. The number of carbonyl (C=O) groups excluding carboxylic acids is 2. The molecule has 0 unspecified atom stereocenters. The lowest BCUT2D eigenvalue weighted by Crippen LogP contribution is -2.55. The van der Waals surface area contributed by atoms with E-state index in [1.807, 2.05) is 36.1 Å². The van der Waals surface area contributed by atoms with Crippen molar-refractivity contribution in [2.45, 2.75) is 62.6 Å². The summed E-state index contributed by atoms with van der Waals surface area (Å²) < 4.78 is 0. The molecule has 5 rings (SSSR count). The van der Waals surface area contributed by atoms with Gasteiger partial charge >= 0.3 is 0 Å². The van der Waals surface area contributed by atoms with Gasteiger partial charge in [-0.3, -0.25) is 9.59 Å². The Morgan fingerprint density at radius 3 is 2.28 bits per heavy atom. The lowest BCUT2D eigenvalue weighted by molar-refractivity contribution is -0.137. The van der Waals surface area contributed by atoms with E-state index in [9.17, 15) is 14.9 Å². The van der Waals surface area contributed by atoms with Gasteiger partial charge in [0.2, 0.25) is 11.8 Å². The fourth-order valence-electron chi connectivity index (χ4n) is 6.82. The second-order valence-corrected chi connectivity index (χ2v) is 12.0. The van der Waals surface area contributed by atoms with E-state index in [4.69, 9.17) is 0 Å². The molecule has 0 spiro atoms. The van der Waals surface area contributed by atoms with Crippen molar-refractivity contribution >= 4 is 11.8 Å². The zero-order chi connectivity index (χ0) is 30.2. The molecule has 0 bridgehead atoms. The fourth-order valence-corrected chi connectivity index (χ4v) is 6.82. The zero-order valence-electron chi connectivity index (χ0n) is 25.3. The van der Waals surface area contributed by atoms with E-state index in [2.05, 4.69) is 76.2 Å². The number of hydrogen-bond donors (Lipinski definition) is 2. The summed E-state index contributed by atoms with van der Waals surface area (Å²) in [5.74, 6) is 0.509. The van der Waals surface area contributed by atoms with Gasteiger partial charge in [-0.15, -0.1) is 0 Å². The maximum atomic E-state index is 14.5. The lowest BCUT2D eigenvalue weighted by Gasteiger charge is -2.32. The number of rotatable bonds is 11. The van der Waals surface area contributed by atoms with Crippen LogP contribution in [0.25, 0.3) is 0 Å². The van der Waals surface area contributed by atoms with Gasteiger partial charge in [-0.2, -0.15) is 5.26 Å². The second-order valence-electron chi connectivity index (χ2n) is 12.0. The second kappa shape index (κ2) is 14.5. The number of hydrogen-bond acceptors (Lipinski definition) is 5. The summed E-state index contributed by atoms with van der Waals surface area (Å²) in [6, 6.07) is 29.6. The summed E-state index contributed by atoms with van der Waals surface area (Å²) in [5, 5.41) is 15.6. The van der Waals surface area contributed by atoms with Crippen molar-refractivity contribution in [3.05, 3.63) is 107 Å². The molecule has 7 nitrogen and oxygen atoms in total. The van der Waals surface area contributed by atoms with E-state index >= 15 is 0 Å². The molecular weight excluding hydrogens is 534 g/mol. The highest BCUT2D eigenvalue weighted by molar-refractivity contribution is 5.90. The van der Waals surface area contributed by atoms with Gasteiger partial charge in [0.1, 0.15) is 6.04 Å². The van der Waals surface area contributed by atoms with Crippen LogP contribution in [0.5, 0.6) is 0 Å². The monoisotopic (exact) mass is 577 g/mol. The van der Waals surface area contributed by atoms with Crippen LogP contribution < -0.4 is 10.6 Å². The molecule has 3 aromatic rings. The molecule has 2 fully saturated rings. The Kier molecular flexibility index (Phi) is 10.2. The number of nitrogens with zero attached hydrogens (tertiary/aromatic N) is 3. The Hall–Kier alpha value is -3.99. The molecule has 224 valence electrons. The summed E-state index contributed by atoms with van der Waals surface area (Å²) in [6.45, 7) is 5.39. The number of nitriles is 1. The molecule has 2 heterocycles. The third-order valence-corrected chi connectivity index (χ3v) is 9.16. The van der Waals surface area contributed by atoms with Crippen LogP contribution in [0, 0.1) is 11.3 Å². The molecule has 43 heavy (non-hydrogen) atoms. The summed E-state index contributed by atoms with van der Waals surface area (Å²) in [5.41, 5.74) is 4.02. The zero-order valence-corrected chi connectivity index (χ0v) is 25.3. The van der Waals surface area contributed by atoms with Crippen LogP contribution in [0.15, 0.2) is 84.9 Å². The lowest BCUT2D eigenvalue weighted by atomic mass is 9.96. The van der Waals surface area contributed by atoms with Gasteiger partial charge in [0.25, 0.3) is 0 Å². The molecule has 2 aliphatic heterocycles. The van der Waals surface area contributed by atoms with E-state index < -0.39 is 6.04 Å². The molecule has 0 aromatic heterocycles. The number of nitrogens with one attached hydrogen (secondary N) is 2. The minimum atomic E-state index is -0.725. The fraction of sp³-hybridized carbons (Fsp3) is 0.417. The van der Waals surface area contributed by atoms with Gasteiger partial charge in [0.05, 0.1) is 17.7 Å². The molecule has 0 saturated carbocycles. The largest absolute Gasteiger partial charge is 0.343 e. The molecule has 2 amide bonds. The van der Waals surface area contributed by atoms with Gasteiger partial charge < -0.3 is 20.4 Å². The summed E-state index contributed by atoms with van der Waals surface area (Å²) in [6.07, 6.45) is 2.95. The van der Waals surface area contributed by atoms with E-state index in [-0.39, 0.29) is 29.8 Å². The molecular formula is C36H43N5O2. The molecule has 2 saturated heterocycles. The molecule has 7 heteroatoms. The average Bonchev–Trinajstić information content (AvgIpc) is 3.70.